The van der Waals surface area contributed by atoms with E-state index in [0.29, 0.717) is 6.04 Å². The van der Waals surface area contributed by atoms with Crippen LogP contribution in [0.4, 0.5) is 0 Å². The number of rotatable bonds is 5. The number of hydrogen-bond donors (Lipinski definition) is 1. The zero-order chi connectivity index (χ0) is 12.1. The van der Waals surface area contributed by atoms with E-state index in [0.717, 1.165) is 31.7 Å². The van der Waals surface area contributed by atoms with Gasteiger partial charge in [-0.15, -0.1) is 0 Å². The molecule has 1 saturated carbocycles. The molecule has 100 valence electrons. The first-order valence-electron chi connectivity index (χ1n) is 7.31. The molecule has 2 fully saturated rings. The Morgan fingerprint density at radius 1 is 1.29 bits per heavy atom. The van der Waals surface area contributed by atoms with Crippen molar-refractivity contribution in [3.05, 3.63) is 0 Å². The predicted molar refractivity (Wildman–Crippen MR) is 71.3 cm³/mol. The molecule has 1 heterocycles. The Labute approximate surface area is 106 Å². The van der Waals surface area contributed by atoms with Gasteiger partial charge in [0, 0.05) is 31.7 Å². The monoisotopic (exact) mass is 240 g/mol. The molecule has 1 aliphatic carbocycles. The van der Waals surface area contributed by atoms with Crippen LogP contribution in [0.15, 0.2) is 0 Å². The minimum absolute atomic E-state index is 0.545. The van der Waals surface area contributed by atoms with Crippen molar-refractivity contribution in [3.63, 3.8) is 0 Å². The van der Waals surface area contributed by atoms with Gasteiger partial charge in [-0.1, -0.05) is 26.7 Å². The van der Waals surface area contributed by atoms with Gasteiger partial charge in [0.25, 0.3) is 0 Å². The average molecular weight is 240 g/mol. The molecule has 1 saturated heterocycles. The van der Waals surface area contributed by atoms with Gasteiger partial charge in [0.05, 0.1) is 13.2 Å². The third-order valence-corrected chi connectivity index (χ3v) is 3.89. The van der Waals surface area contributed by atoms with Crippen LogP contribution in [0.5, 0.6) is 0 Å². The second kappa shape index (κ2) is 6.72. The van der Waals surface area contributed by atoms with Crippen molar-refractivity contribution in [2.24, 2.45) is 5.92 Å². The molecule has 0 bridgehead atoms. The number of nitrogens with one attached hydrogen (secondary N) is 1. The Bertz CT molecular complexity index is 208. The van der Waals surface area contributed by atoms with Gasteiger partial charge in [0.1, 0.15) is 0 Å². The molecule has 3 heteroatoms. The smallest absolute Gasteiger partial charge is 0.0632 e. The van der Waals surface area contributed by atoms with E-state index in [9.17, 15) is 0 Å². The zero-order valence-electron chi connectivity index (χ0n) is 11.5. The highest BCUT2D eigenvalue weighted by molar-refractivity contribution is 4.83. The van der Waals surface area contributed by atoms with Crippen LogP contribution in [0, 0.1) is 5.92 Å². The maximum absolute atomic E-state index is 5.56. The lowest BCUT2D eigenvalue weighted by atomic mass is 10.1. The Morgan fingerprint density at radius 3 is 2.65 bits per heavy atom. The first-order chi connectivity index (χ1) is 8.25. The first kappa shape index (κ1) is 13.3. The summed E-state index contributed by atoms with van der Waals surface area (Å²) in [5.74, 6) is 0.764. The van der Waals surface area contributed by atoms with Gasteiger partial charge in [-0.25, -0.2) is 0 Å². The standard InChI is InChI=1S/C14H28N2O/c1-12(2)9-16(14-5-3-4-6-14)10-13-11-17-8-7-15-13/h12-15H,3-11H2,1-2H3. The highest BCUT2D eigenvalue weighted by Crippen LogP contribution is 2.24. The molecule has 0 radical (unpaired) electrons. The molecule has 0 spiro atoms. The lowest BCUT2D eigenvalue weighted by Gasteiger charge is -2.35. The third-order valence-electron chi connectivity index (χ3n) is 3.89. The molecular weight excluding hydrogens is 212 g/mol. The van der Waals surface area contributed by atoms with Crippen LogP contribution in [0.1, 0.15) is 39.5 Å². The molecule has 1 atom stereocenters. The molecule has 3 nitrogen and oxygen atoms in total. The van der Waals surface area contributed by atoms with Crippen molar-refractivity contribution in [2.75, 3.05) is 32.8 Å². The van der Waals surface area contributed by atoms with Gasteiger partial charge in [0.15, 0.2) is 0 Å². The topological polar surface area (TPSA) is 24.5 Å². The van der Waals surface area contributed by atoms with Crippen LogP contribution >= 0.6 is 0 Å². The Kier molecular flexibility index (Phi) is 5.26. The molecule has 2 rings (SSSR count). The Balaban J connectivity index is 1.84. The molecule has 0 aromatic carbocycles. The van der Waals surface area contributed by atoms with E-state index in [1.54, 1.807) is 0 Å². The van der Waals surface area contributed by atoms with Crippen molar-refractivity contribution in [3.8, 4) is 0 Å². The van der Waals surface area contributed by atoms with Crippen LogP contribution in [0.3, 0.4) is 0 Å². The van der Waals surface area contributed by atoms with E-state index < -0.39 is 0 Å². The van der Waals surface area contributed by atoms with Crippen molar-refractivity contribution in [1.82, 2.24) is 10.2 Å². The van der Waals surface area contributed by atoms with E-state index in [-0.39, 0.29) is 0 Å². The predicted octanol–water partition coefficient (Wildman–Crippen LogP) is 1.88. The van der Waals surface area contributed by atoms with Crippen molar-refractivity contribution in [2.45, 2.75) is 51.6 Å². The summed E-state index contributed by atoms with van der Waals surface area (Å²) in [4.78, 5) is 2.71. The average Bonchev–Trinajstić information content (AvgIpc) is 2.82. The Morgan fingerprint density at radius 2 is 2.06 bits per heavy atom. The molecule has 1 aliphatic heterocycles. The third kappa shape index (κ3) is 4.23. The maximum Gasteiger partial charge on any atom is 0.0632 e. The molecule has 1 unspecified atom stereocenters. The second-order valence-electron chi connectivity index (χ2n) is 6.01. The molecule has 17 heavy (non-hydrogen) atoms. The maximum atomic E-state index is 5.56. The summed E-state index contributed by atoms with van der Waals surface area (Å²) in [6.45, 7) is 9.85. The summed E-state index contributed by atoms with van der Waals surface area (Å²) < 4.78 is 5.56. The highest BCUT2D eigenvalue weighted by Gasteiger charge is 2.26. The van der Waals surface area contributed by atoms with Crippen molar-refractivity contribution < 1.29 is 4.74 Å². The summed E-state index contributed by atoms with van der Waals surface area (Å²) >= 11 is 0. The van der Waals surface area contributed by atoms with Crippen LogP contribution < -0.4 is 5.32 Å². The van der Waals surface area contributed by atoms with Gasteiger partial charge in [-0.3, -0.25) is 4.90 Å². The second-order valence-corrected chi connectivity index (χ2v) is 6.01. The van der Waals surface area contributed by atoms with E-state index >= 15 is 0 Å². The summed E-state index contributed by atoms with van der Waals surface area (Å²) in [6.07, 6.45) is 5.66. The number of morpholine rings is 1. The van der Waals surface area contributed by atoms with E-state index in [2.05, 4.69) is 24.1 Å². The van der Waals surface area contributed by atoms with Gasteiger partial charge in [-0.2, -0.15) is 0 Å². The van der Waals surface area contributed by atoms with E-state index in [1.165, 1.54) is 38.8 Å². The molecular formula is C14H28N2O. The van der Waals surface area contributed by atoms with Gasteiger partial charge >= 0.3 is 0 Å². The Hall–Kier alpha value is -0.120. The fourth-order valence-corrected chi connectivity index (χ4v) is 3.13. The normalized spacial score (nSPS) is 27.2. The highest BCUT2D eigenvalue weighted by atomic mass is 16.5. The van der Waals surface area contributed by atoms with Gasteiger partial charge < -0.3 is 10.1 Å². The van der Waals surface area contributed by atoms with Gasteiger partial charge in [0.2, 0.25) is 0 Å². The van der Waals surface area contributed by atoms with Crippen LogP contribution in [0.25, 0.3) is 0 Å². The quantitative estimate of drug-likeness (QED) is 0.794. The van der Waals surface area contributed by atoms with Crippen LogP contribution in [0.2, 0.25) is 0 Å². The number of hydrogen-bond acceptors (Lipinski definition) is 3. The molecule has 0 aromatic rings. The number of nitrogens with zero attached hydrogens (tertiary/aromatic N) is 1. The SMILES string of the molecule is CC(C)CN(CC1COCCN1)C1CCCC1. The zero-order valence-corrected chi connectivity index (χ0v) is 11.5. The summed E-state index contributed by atoms with van der Waals surface area (Å²) in [5.41, 5.74) is 0. The fraction of sp³-hybridized carbons (Fsp3) is 1.00. The van der Waals surface area contributed by atoms with Crippen LogP contribution in [-0.2, 0) is 4.74 Å². The minimum Gasteiger partial charge on any atom is -0.378 e. The number of ether oxygens (including phenoxy) is 1. The largest absolute Gasteiger partial charge is 0.378 e. The van der Waals surface area contributed by atoms with E-state index in [1.807, 2.05) is 0 Å². The minimum atomic E-state index is 0.545. The lowest BCUT2D eigenvalue weighted by molar-refractivity contribution is 0.0515. The fourth-order valence-electron chi connectivity index (χ4n) is 3.13. The van der Waals surface area contributed by atoms with E-state index in [4.69, 9.17) is 4.74 Å². The van der Waals surface area contributed by atoms with Crippen molar-refractivity contribution in [1.29, 1.82) is 0 Å². The van der Waals surface area contributed by atoms with Crippen molar-refractivity contribution >= 4 is 0 Å². The first-order valence-corrected chi connectivity index (χ1v) is 7.31. The molecule has 2 aliphatic rings. The van der Waals surface area contributed by atoms with Crippen LogP contribution in [-0.4, -0.2) is 49.8 Å². The molecule has 1 N–H and O–H groups in total. The molecule has 0 amide bonds. The summed E-state index contributed by atoms with van der Waals surface area (Å²) in [6, 6.07) is 1.38. The summed E-state index contributed by atoms with van der Waals surface area (Å²) in [5, 5.41) is 3.58. The summed E-state index contributed by atoms with van der Waals surface area (Å²) in [7, 11) is 0. The lowest BCUT2D eigenvalue weighted by Crippen LogP contribution is -2.51. The van der Waals surface area contributed by atoms with Gasteiger partial charge in [-0.05, 0) is 18.8 Å². The molecule has 0 aromatic heterocycles.